The normalized spacial score (nSPS) is 8.13. The highest BCUT2D eigenvalue weighted by atomic mass is 14.6. The summed E-state index contributed by atoms with van der Waals surface area (Å²) in [7, 11) is 0. The smallest absolute Gasteiger partial charge is 0.0346 e. The number of hydrogen-bond acceptors (Lipinski definition) is 1. The highest BCUT2D eigenvalue weighted by Crippen LogP contribution is 2.20. The molecule has 0 aromatic carbocycles. The van der Waals surface area contributed by atoms with Crippen molar-refractivity contribution in [3.05, 3.63) is 42.2 Å². The molecule has 0 atom stereocenters. The summed E-state index contributed by atoms with van der Waals surface area (Å²) in [5.41, 5.74) is 3.60. The standard InChI is InChI=1S/C12H11N.C2H6/c1-5-9(3)12-10(4)7-13-8-11(12)6-2;1-2/h1,6-8H,2-3H2,4H3;1-2H3. The molecule has 1 aromatic rings. The van der Waals surface area contributed by atoms with E-state index < -0.39 is 0 Å². The summed E-state index contributed by atoms with van der Waals surface area (Å²) in [4.78, 5) is 4.05. The number of hydrogen-bond donors (Lipinski definition) is 0. The Balaban J connectivity index is 0.000000921. The molecule has 0 aliphatic heterocycles. The zero-order valence-corrected chi connectivity index (χ0v) is 9.67. The first-order valence-electron chi connectivity index (χ1n) is 4.93. The molecule has 0 aliphatic rings. The van der Waals surface area contributed by atoms with Crippen LogP contribution in [0.15, 0.2) is 25.6 Å². The first-order valence-corrected chi connectivity index (χ1v) is 4.93. The number of aryl methyl sites for hydroxylation is 1. The molecular weight excluding hydrogens is 182 g/mol. The molecule has 0 unspecified atom stereocenters. The molecule has 1 aromatic heterocycles. The van der Waals surface area contributed by atoms with Crippen LogP contribution in [0.2, 0.25) is 0 Å². The molecule has 78 valence electrons. The third-order valence-corrected chi connectivity index (χ3v) is 1.86. The minimum absolute atomic E-state index is 0.676. The Bertz CT molecular complexity index is 394. The van der Waals surface area contributed by atoms with Gasteiger partial charge < -0.3 is 0 Å². The van der Waals surface area contributed by atoms with Gasteiger partial charge in [-0.2, -0.15) is 0 Å². The van der Waals surface area contributed by atoms with Crippen LogP contribution in [-0.4, -0.2) is 4.98 Å². The molecule has 0 bridgehead atoms. The van der Waals surface area contributed by atoms with Crippen LogP contribution in [-0.2, 0) is 0 Å². The van der Waals surface area contributed by atoms with Gasteiger partial charge in [0.1, 0.15) is 0 Å². The van der Waals surface area contributed by atoms with Gasteiger partial charge in [0.2, 0.25) is 0 Å². The quantitative estimate of drug-likeness (QED) is 0.662. The minimum atomic E-state index is 0.676. The van der Waals surface area contributed by atoms with Crippen LogP contribution in [0.5, 0.6) is 0 Å². The number of pyridine rings is 1. The molecule has 15 heavy (non-hydrogen) atoms. The van der Waals surface area contributed by atoms with Gasteiger partial charge in [0, 0.05) is 29.1 Å². The Morgan fingerprint density at radius 3 is 2.53 bits per heavy atom. The molecule has 0 aliphatic carbocycles. The van der Waals surface area contributed by atoms with Gasteiger partial charge in [-0.05, 0) is 12.5 Å². The van der Waals surface area contributed by atoms with E-state index in [-0.39, 0.29) is 0 Å². The maximum Gasteiger partial charge on any atom is 0.0346 e. The fourth-order valence-corrected chi connectivity index (χ4v) is 1.23. The van der Waals surface area contributed by atoms with Crippen molar-refractivity contribution in [1.82, 2.24) is 4.98 Å². The van der Waals surface area contributed by atoms with E-state index in [0.717, 1.165) is 16.7 Å². The van der Waals surface area contributed by atoms with Crippen molar-refractivity contribution in [2.45, 2.75) is 20.8 Å². The van der Waals surface area contributed by atoms with Gasteiger partial charge in [-0.25, -0.2) is 0 Å². The van der Waals surface area contributed by atoms with E-state index >= 15 is 0 Å². The second kappa shape index (κ2) is 6.62. The Hall–Kier alpha value is -1.81. The van der Waals surface area contributed by atoms with Crippen LogP contribution in [0.4, 0.5) is 0 Å². The van der Waals surface area contributed by atoms with Crippen molar-refractivity contribution in [2.75, 3.05) is 0 Å². The van der Waals surface area contributed by atoms with Gasteiger partial charge in [0.05, 0.1) is 0 Å². The Labute approximate surface area is 92.6 Å². The molecule has 1 rings (SSSR count). The van der Waals surface area contributed by atoms with E-state index in [1.807, 2.05) is 20.8 Å². The lowest BCUT2D eigenvalue weighted by atomic mass is 9.99. The van der Waals surface area contributed by atoms with Crippen molar-refractivity contribution < 1.29 is 0 Å². The zero-order valence-electron chi connectivity index (χ0n) is 9.67. The van der Waals surface area contributed by atoms with Gasteiger partial charge in [-0.1, -0.05) is 39.0 Å². The zero-order chi connectivity index (χ0) is 11.8. The minimum Gasteiger partial charge on any atom is -0.264 e. The third kappa shape index (κ3) is 3.11. The van der Waals surface area contributed by atoms with E-state index in [0.29, 0.717) is 5.57 Å². The van der Waals surface area contributed by atoms with Gasteiger partial charge in [0.25, 0.3) is 0 Å². The predicted octanol–water partition coefficient (Wildman–Crippen LogP) is 3.71. The van der Waals surface area contributed by atoms with Gasteiger partial charge in [-0.3, -0.25) is 4.98 Å². The van der Waals surface area contributed by atoms with Gasteiger partial charge >= 0.3 is 0 Å². The predicted molar refractivity (Wildman–Crippen MR) is 68.3 cm³/mol. The number of terminal acetylenes is 1. The Kier molecular flexibility index (Phi) is 5.82. The van der Waals surface area contributed by atoms with Crippen molar-refractivity contribution in [3.63, 3.8) is 0 Å². The fraction of sp³-hybridized carbons (Fsp3) is 0.214. The second-order valence-electron chi connectivity index (χ2n) is 2.75. The molecule has 1 nitrogen and oxygen atoms in total. The number of allylic oxidation sites excluding steroid dienone is 1. The molecule has 0 fully saturated rings. The molecule has 0 amide bonds. The van der Waals surface area contributed by atoms with Crippen molar-refractivity contribution in [2.24, 2.45) is 0 Å². The first-order chi connectivity index (χ1) is 7.20. The second-order valence-corrected chi connectivity index (χ2v) is 2.75. The summed E-state index contributed by atoms with van der Waals surface area (Å²) in [6.07, 6.45) is 10.5. The maximum atomic E-state index is 5.29. The van der Waals surface area contributed by atoms with Crippen LogP contribution < -0.4 is 0 Å². The lowest BCUT2D eigenvalue weighted by Crippen LogP contribution is -1.92. The van der Waals surface area contributed by atoms with E-state index in [4.69, 9.17) is 6.42 Å². The van der Waals surface area contributed by atoms with Crippen LogP contribution >= 0.6 is 0 Å². The molecular formula is C14H17N. The fourth-order valence-electron chi connectivity index (χ4n) is 1.23. The topological polar surface area (TPSA) is 12.9 Å². The molecule has 1 heteroatoms. The molecule has 0 radical (unpaired) electrons. The van der Waals surface area contributed by atoms with Crippen molar-refractivity contribution in [3.8, 4) is 12.3 Å². The van der Waals surface area contributed by atoms with E-state index in [2.05, 4.69) is 24.1 Å². The lowest BCUT2D eigenvalue weighted by molar-refractivity contribution is 1.24. The molecule has 0 N–H and O–H groups in total. The Morgan fingerprint density at radius 2 is 2.07 bits per heavy atom. The highest BCUT2D eigenvalue weighted by molar-refractivity contribution is 5.82. The Morgan fingerprint density at radius 1 is 1.47 bits per heavy atom. The molecule has 0 saturated heterocycles. The maximum absolute atomic E-state index is 5.29. The van der Waals surface area contributed by atoms with Gasteiger partial charge in [0.15, 0.2) is 0 Å². The molecule has 0 saturated carbocycles. The van der Waals surface area contributed by atoms with E-state index in [1.165, 1.54) is 0 Å². The largest absolute Gasteiger partial charge is 0.264 e. The van der Waals surface area contributed by atoms with Crippen molar-refractivity contribution >= 4 is 11.6 Å². The van der Waals surface area contributed by atoms with E-state index in [9.17, 15) is 0 Å². The molecule has 1 heterocycles. The van der Waals surface area contributed by atoms with Gasteiger partial charge in [-0.15, -0.1) is 6.42 Å². The summed E-state index contributed by atoms with van der Waals surface area (Å²) in [6.45, 7) is 13.5. The van der Waals surface area contributed by atoms with Crippen LogP contribution in [0.1, 0.15) is 30.5 Å². The summed E-state index contributed by atoms with van der Waals surface area (Å²) in [5, 5.41) is 0. The third-order valence-electron chi connectivity index (χ3n) is 1.86. The monoisotopic (exact) mass is 199 g/mol. The number of rotatable bonds is 2. The van der Waals surface area contributed by atoms with Crippen LogP contribution in [0, 0.1) is 19.3 Å². The van der Waals surface area contributed by atoms with E-state index in [1.54, 1.807) is 18.5 Å². The summed E-state index contributed by atoms with van der Waals surface area (Å²) in [6, 6.07) is 0. The summed E-state index contributed by atoms with van der Waals surface area (Å²) >= 11 is 0. The van der Waals surface area contributed by atoms with Crippen LogP contribution in [0.3, 0.4) is 0 Å². The van der Waals surface area contributed by atoms with Crippen molar-refractivity contribution in [1.29, 1.82) is 0 Å². The molecule has 0 spiro atoms. The number of aromatic nitrogens is 1. The SMILES string of the molecule is C#CC(=C)c1c(C)cncc1C=C.CC. The summed E-state index contributed by atoms with van der Waals surface area (Å²) in [5.74, 6) is 2.53. The first kappa shape index (κ1) is 13.2. The number of nitrogens with zero attached hydrogens (tertiary/aromatic N) is 1. The average Bonchev–Trinajstić information content (AvgIpc) is 2.30. The highest BCUT2D eigenvalue weighted by Gasteiger charge is 2.04. The summed E-state index contributed by atoms with van der Waals surface area (Å²) < 4.78 is 0. The van der Waals surface area contributed by atoms with Crippen LogP contribution in [0.25, 0.3) is 11.6 Å². The average molecular weight is 199 g/mol. The lowest BCUT2D eigenvalue weighted by Gasteiger charge is -2.06.